The van der Waals surface area contributed by atoms with Crippen LogP contribution >= 0.6 is 31.9 Å². The van der Waals surface area contributed by atoms with Gasteiger partial charge in [-0.25, -0.2) is 13.1 Å². The van der Waals surface area contributed by atoms with Gasteiger partial charge in [-0.2, -0.15) is 0 Å². The van der Waals surface area contributed by atoms with Gasteiger partial charge in [0.2, 0.25) is 10.0 Å². The largest absolute Gasteiger partial charge is 0.379 e. The second kappa shape index (κ2) is 11.4. The zero-order chi connectivity index (χ0) is 20.6. The molecule has 0 radical (unpaired) electrons. The average Bonchev–Trinajstić information content (AvgIpc) is 2.68. The smallest absolute Gasteiger partial charge is 0.270 e. The molecule has 0 saturated carbocycles. The third-order valence-corrected chi connectivity index (χ3v) is 6.52. The van der Waals surface area contributed by atoms with Crippen LogP contribution in [0.15, 0.2) is 23.1 Å². The molecule has 1 aromatic rings. The van der Waals surface area contributed by atoms with Crippen molar-refractivity contribution in [3.8, 4) is 0 Å². The molecule has 1 fully saturated rings. The molecular weight excluding hydrogens is 520 g/mol. The number of sulfonamides is 1. The lowest BCUT2D eigenvalue weighted by atomic mass is 10.2. The molecule has 9 nitrogen and oxygen atoms in total. The molecule has 1 N–H and O–H groups in total. The van der Waals surface area contributed by atoms with Gasteiger partial charge in [0, 0.05) is 62.1 Å². The summed E-state index contributed by atoms with van der Waals surface area (Å²) in [6.45, 7) is 4.70. The highest BCUT2D eigenvalue weighted by atomic mass is 79.9. The highest BCUT2D eigenvalue weighted by molar-refractivity contribution is 9.09. The van der Waals surface area contributed by atoms with Crippen LogP contribution in [-0.2, 0) is 14.8 Å². The number of nitro groups is 1. The summed E-state index contributed by atoms with van der Waals surface area (Å²) in [5.41, 5.74) is 0.193. The normalized spacial score (nSPS) is 15.5. The van der Waals surface area contributed by atoms with Crippen LogP contribution in [0.25, 0.3) is 0 Å². The minimum Gasteiger partial charge on any atom is -0.379 e. The van der Waals surface area contributed by atoms with Crippen LogP contribution in [0.2, 0.25) is 0 Å². The number of anilines is 1. The molecule has 2 rings (SSSR count). The number of nitrogens with zero attached hydrogens (tertiary/aromatic N) is 3. The number of ether oxygens (including phenoxy) is 1. The number of morpholine rings is 1. The fourth-order valence-electron chi connectivity index (χ4n) is 2.89. The first kappa shape index (κ1) is 23.5. The molecule has 1 aromatic carbocycles. The summed E-state index contributed by atoms with van der Waals surface area (Å²) in [6, 6.07) is 3.96. The molecule has 1 aliphatic heterocycles. The van der Waals surface area contributed by atoms with Gasteiger partial charge in [-0.3, -0.25) is 15.0 Å². The summed E-state index contributed by atoms with van der Waals surface area (Å²) in [6.07, 6.45) is 0. The second-order valence-corrected chi connectivity index (χ2v) is 9.45. The van der Waals surface area contributed by atoms with Gasteiger partial charge < -0.3 is 9.64 Å². The van der Waals surface area contributed by atoms with Crippen molar-refractivity contribution in [3.05, 3.63) is 28.3 Å². The Morgan fingerprint density at radius 1 is 1.21 bits per heavy atom. The molecule has 0 aromatic heterocycles. The van der Waals surface area contributed by atoms with Gasteiger partial charge in [-0.15, -0.1) is 0 Å². The molecule has 0 bridgehead atoms. The van der Waals surface area contributed by atoms with E-state index >= 15 is 0 Å². The quantitative estimate of drug-likeness (QED) is 0.258. The molecule has 1 heterocycles. The number of halogens is 2. The second-order valence-electron chi connectivity index (χ2n) is 6.13. The Kier molecular flexibility index (Phi) is 9.57. The van der Waals surface area contributed by atoms with Crippen LogP contribution in [-0.4, -0.2) is 81.4 Å². The molecule has 0 unspecified atom stereocenters. The highest BCUT2D eigenvalue weighted by Crippen LogP contribution is 2.29. The molecule has 158 valence electrons. The lowest BCUT2D eigenvalue weighted by Gasteiger charge is -2.27. The van der Waals surface area contributed by atoms with Gasteiger partial charge in [-0.1, -0.05) is 31.9 Å². The number of benzene rings is 1. The Morgan fingerprint density at radius 2 is 1.86 bits per heavy atom. The van der Waals surface area contributed by atoms with Crippen LogP contribution in [0.1, 0.15) is 0 Å². The van der Waals surface area contributed by atoms with Gasteiger partial charge in [-0.05, 0) is 6.07 Å². The zero-order valence-electron chi connectivity index (χ0n) is 15.4. The minimum absolute atomic E-state index is 0.0782. The third kappa shape index (κ3) is 6.63. The minimum atomic E-state index is -3.91. The summed E-state index contributed by atoms with van der Waals surface area (Å²) in [5.74, 6) is 0. The SMILES string of the molecule is O=[N+]([O-])c1ccc(N(CCBr)CCBr)c(S(=O)(=O)NCCN2CCOCC2)c1. The van der Waals surface area contributed by atoms with Crippen LogP contribution in [0.4, 0.5) is 11.4 Å². The number of non-ortho nitro benzene ring substituents is 1. The van der Waals surface area contributed by atoms with Crippen molar-refractivity contribution >= 4 is 53.3 Å². The third-order valence-electron chi connectivity index (χ3n) is 4.32. The number of nitro benzene ring substituents is 1. The number of alkyl halides is 2. The number of rotatable bonds is 11. The monoisotopic (exact) mass is 542 g/mol. The molecule has 28 heavy (non-hydrogen) atoms. The maximum absolute atomic E-state index is 13.0. The van der Waals surface area contributed by atoms with Crippen LogP contribution in [0, 0.1) is 10.1 Å². The van der Waals surface area contributed by atoms with Crippen molar-refractivity contribution in [3.63, 3.8) is 0 Å². The van der Waals surface area contributed by atoms with E-state index in [1.54, 1.807) is 0 Å². The predicted molar refractivity (Wildman–Crippen MR) is 115 cm³/mol. The first-order valence-electron chi connectivity index (χ1n) is 8.84. The molecular formula is C16H24Br2N4O5S. The van der Waals surface area contributed by atoms with E-state index in [0.29, 0.717) is 49.2 Å². The first-order valence-corrected chi connectivity index (χ1v) is 12.6. The Balaban J connectivity index is 2.24. The van der Waals surface area contributed by atoms with Gasteiger partial charge >= 0.3 is 0 Å². The van der Waals surface area contributed by atoms with Gasteiger partial charge in [0.15, 0.2) is 0 Å². The Morgan fingerprint density at radius 3 is 2.43 bits per heavy atom. The van der Waals surface area contributed by atoms with E-state index in [1.807, 2.05) is 4.90 Å². The Bertz CT molecular complexity index is 753. The van der Waals surface area contributed by atoms with Crippen LogP contribution in [0.3, 0.4) is 0 Å². The molecule has 1 aliphatic rings. The standard InChI is InChI=1S/C16H24Br2N4O5S/c17-3-6-21(7-4-18)15-2-1-14(22(23)24)13-16(15)28(25,26)19-5-8-20-9-11-27-12-10-20/h1-2,13,19H,3-12H2. The van der Waals surface area contributed by atoms with Crippen molar-refractivity contribution in [1.29, 1.82) is 0 Å². The van der Waals surface area contributed by atoms with Crippen LogP contribution in [0.5, 0.6) is 0 Å². The number of nitrogens with one attached hydrogen (secondary N) is 1. The number of hydrogen-bond acceptors (Lipinski definition) is 7. The Hall–Kier alpha value is -0.790. The van der Waals surface area contributed by atoms with E-state index in [2.05, 4.69) is 41.5 Å². The topological polar surface area (TPSA) is 105 Å². The van der Waals surface area contributed by atoms with E-state index in [9.17, 15) is 18.5 Å². The van der Waals surface area contributed by atoms with Crippen molar-refractivity contribution in [2.75, 3.05) is 68.0 Å². The van der Waals surface area contributed by atoms with Crippen LogP contribution < -0.4 is 9.62 Å². The van der Waals surface area contributed by atoms with E-state index < -0.39 is 14.9 Å². The maximum Gasteiger partial charge on any atom is 0.270 e. The predicted octanol–water partition coefficient (Wildman–Crippen LogP) is 1.80. The van der Waals surface area contributed by atoms with Gasteiger partial charge in [0.1, 0.15) is 4.90 Å². The number of hydrogen-bond donors (Lipinski definition) is 1. The summed E-state index contributed by atoms with van der Waals surface area (Å²) < 4.78 is 33.8. The van der Waals surface area contributed by atoms with Crippen molar-refractivity contribution in [1.82, 2.24) is 9.62 Å². The van der Waals surface area contributed by atoms with Crippen molar-refractivity contribution in [2.24, 2.45) is 0 Å². The molecule has 0 amide bonds. The van der Waals surface area contributed by atoms with Crippen molar-refractivity contribution in [2.45, 2.75) is 4.90 Å². The lowest BCUT2D eigenvalue weighted by Crippen LogP contribution is -2.41. The Labute approximate surface area is 181 Å². The van der Waals surface area contributed by atoms with E-state index in [-0.39, 0.29) is 17.1 Å². The lowest BCUT2D eigenvalue weighted by molar-refractivity contribution is -0.385. The summed E-state index contributed by atoms with van der Waals surface area (Å²) in [4.78, 5) is 14.5. The summed E-state index contributed by atoms with van der Waals surface area (Å²) in [5, 5.41) is 12.5. The highest BCUT2D eigenvalue weighted by Gasteiger charge is 2.25. The molecule has 0 aliphatic carbocycles. The summed E-state index contributed by atoms with van der Waals surface area (Å²) >= 11 is 6.74. The molecule has 0 atom stereocenters. The molecule has 0 spiro atoms. The van der Waals surface area contributed by atoms with Crippen molar-refractivity contribution < 1.29 is 18.1 Å². The average molecular weight is 544 g/mol. The fourth-order valence-corrected chi connectivity index (χ4v) is 5.01. The fraction of sp³-hybridized carbons (Fsp3) is 0.625. The first-order chi connectivity index (χ1) is 13.4. The van der Waals surface area contributed by atoms with Gasteiger partial charge in [0.25, 0.3) is 5.69 Å². The molecule has 1 saturated heterocycles. The zero-order valence-corrected chi connectivity index (χ0v) is 19.3. The van der Waals surface area contributed by atoms with E-state index in [0.717, 1.165) is 19.2 Å². The molecule has 12 heteroatoms. The van der Waals surface area contributed by atoms with Gasteiger partial charge in [0.05, 0.1) is 23.8 Å². The summed E-state index contributed by atoms with van der Waals surface area (Å²) in [7, 11) is -3.91. The van der Waals surface area contributed by atoms with E-state index in [1.165, 1.54) is 12.1 Å². The van der Waals surface area contributed by atoms with E-state index in [4.69, 9.17) is 4.74 Å². The maximum atomic E-state index is 13.0.